The van der Waals surface area contributed by atoms with E-state index in [0.717, 1.165) is 0 Å². The van der Waals surface area contributed by atoms with Crippen molar-refractivity contribution in [2.75, 3.05) is 28.2 Å². The van der Waals surface area contributed by atoms with E-state index in [1.54, 1.807) is 79.2 Å². The largest absolute Gasteiger partial charge is 0.432 e. The summed E-state index contributed by atoms with van der Waals surface area (Å²) in [6, 6.07) is -1.17. The van der Waals surface area contributed by atoms with Gasteiger partial charge in [-0.1, -0.05) is 83.1 Å². The summed E-state index contributed by atoms with van der Waals surface area (Å²) in [5.41, 5.74) is -2.48. The molecule has 4 aromatic rings. The van der Waals surface area contributed by atoms with E-state index in [-0.39, 0.29) is 0 Å². The second-order valence-corrected chi connectivity index (χ2v) is 20.6. The van der Waals surface area contributed by atoms with Crippen LogP contribution in [0.2, 0.25) is 0 Å². The Morgan fingerprint density at radius 3 is 1.00 bits per heavy atom. The van der Waals surface area contributed by atoms with E-state index in [2.05, 4.69) is 40.5 Å². The van der Waals surface area contributed by atoms with Crippen LogP contribution in [0.1, 0.15) is 121 Å². The van der Waals surface area contributed by atoms with Gasteiger partial charge in [-0.05, 0) is 24.7 Å². The highest BCUT2D eigenvalue weighted by Crippen LogP contribution is 2.40. The molecule has 0 aromatic carbocycles. The lowest BCUT2D eigenvalue weighted by Crippen LogP contribution is -2.58. The van der Waals surface area contributed by atoms with Gasteiger partial charge >= 0.3 is 12.2 Å². The molecule has 4 aromatic heterocycles. The first-order valence-corrected chi connectivity index (χ1v) is 20.5. The van der Waals surface area contributed by atoms with Crippen molar-refractivity contribution in [3.8, 4) is 34.2 Å². The molecule has 0 saturated carbocycles. The average molecular weight is 859 g/mol. The van der Waals surface area contributed by atoms with Crippen LogP contribution < -0.4 is 10.6 Å². The maximum atomic E-state index is 13.9. The van der Waals surface area contributed by atoms with Gasteiger partial charge in [0.05, 0.1) is 36.9 Å². The third-order valence-corrected chi connectivity index (χ3v) is 11.2. The van der Waals surface area contributed by atoms with Gasteiger partial charge in [-0.3, -0.25) is 29.5 Å². The molecule has 18 nitrogen and oxygen atoms in total. The number of amides is 4. The van der Waals surface area contributed by atoms with Gasteiger partial charge < -0.3 is 39.9 Å². The maximum Gasteiger partial charge on any atom is 0.410 e. The molecular weight excluding hydrogens is 793 g/mol. The summed E-state index contributed by atoms with van der Waals surface area (Å²) in [6.07, 6.45) is 8.47. The molecule has 0 saturated heterocycles. The highest BCUT2D eigenvalue weighted by atomic mass is 16.6. The van der Waals surface area contributed by atoms with Crippen molar-refractivity contribution in [1.82, 2.24) is 60.3 Å². The number of nitrogens with one attached hydrogen (secondary N) is 4. The number of rotatable bonds is 11. The normalized spacial score (nSPS) is 15.3. The van der Waals surface area contributed by atoms with Crippen LogP contribution in [0.15, 0.2) is 37.2 Å². The van der Waals surface area contributed by atoms with Crippen molar-refractivity contribution in [2.45, 2.75) is 120 Å². The zero-order valence-electron chi connectivity index (χ0n) is 39.6. The fraction of sp³-hybridized carbons (Fsp3) is 0.591. The Balaban J connectivity index is 1.53. The monoisotopic (exact) mass is 859 g/mol. The molecule has 4 N–H and O–H groups in total. The first-order chi connectivity index (χ1) is 28.3. The number of aromatic nitrogens is 8. The third kappa shape index (κ3) is 10.6. The molecule has 4 amide bonds. The lowest BCUT2D eigenvalue weighted by atomic mass is 9.76. The van der Waals surface area contributed by atoms with Gasteiger partial charge in [0, 0.05) is 51.4 Å². The fourth-order valence-corrected chi connectivity index (χ4v) is 5.96. The fourth-order valence-electron chi connectivity index (χ4n) is 5.96. The van der Waals surface area contributed by atoms with Crippen LogP contribution in [-0.4, -0.2) is 113 Å². The second kappa shape index (κ2) is 17.4. The zero-order chi connectivity index (χ0) is 47.0. The van der Waals surface area contributed by atoms with Crippen LogP contribution in [0.25, 0.3) is 34.2 Å². The van der Waals surface area contributed by atoms with Gasteiger partial charge in [0.1, 0.15) is 45.8 Å². The van der Waals surface area contributed by atoms with Gasteiger partial charge in [0.15, 0.2) is 11.2 Å². The molecule has 0 radical (unpaired) electrons. The van der Waals surface area contributed by atoms with E-state index in [1.807, 2.05) is 83.1 Å². The Morgan fingerprint density at radius 1 is 0.500 bits per heavy atom. The Labute approximate surface area is 365 Å². The van der Waals surface area contributed by atoms with Crippen LogP contribution in [-0.2, 0) is 19.1 Å². The summed E-state index contributed by atoms with van der Waals surface area (Å²) in [5.74, 6) is 0.0838. The van der Waals surface area contributed by atoms with Crippen molar-refractivity contribution < 1.29 is 28.7 Å². The number of carbonyl (C=O) groups is 4. The van der Waals surface area contributed by atoms with Gasteiger partial charge in [-0.2, -0.15) is 0 Å². The third-order valence-electron chi connectivity index (χ3n) is 11.2. The van der Waals surface area contributed by atoms with E-state index >= 15 is 0 Å². The molecule has 4 heterocycles. The van der Waals surface area contributed by atoms with Crippen LogP contribution >= 0.6 is 0 Å². The number of carbonyl (C=O) groups excluding carboxylic acids is 4. The van der Waals surface area contributed by atoms with Crippen LogP contribution in [0.4, 0.5) is 9.59 Å². The second-order valence-electron chi connectivity index (χ2n) is 20.6. The average Bonchev–Trinajstić information content (AvgIpc) is 3.85. The van der Waals surface area contributed by atoms with Crippen molar-refractivity contribution in [1.29, 1.82) is 0 Å². The predicted octanol–water partition coefficient (Wildman–Crippen LogP) is 7.13. The Hall–Kier alpha value is -5.94. The minimum atomic E-state index is -1.49. The molecule has 0 aliphatic rings. The molecule has 18 heteroatoms. The molecule has 338 valence electrons. The number of hydrogen-bond donors (Lipinski definition) is 4. The van der Waals surface area contributed by atoms with Gasteiger partial charge in [0.2, 0.25) is 0 Å². The first-order valence-electron chi connectivity index (χ1n) is 20.5. The quantitative estimate of drug-likeness (QED) is 0.118. The summed E-state index contributed by atoms with van der Waals surface area (Å²) in [4.78, 5) is 90.1. The highest BCUT2D eigenvalue weighted by Gasteiger charge is 2.51. The number of aromatic amines is 2. The highest BCUT2D eigenvalue weighted by molar-refractivity contribution is 5.89. The summed E-state index contributed by atoms with van der Waals surface area (Å²) in [7, 11) is 6.26. The lowest BCUT2D eigenvalue weighted by Gasteiger charge is -2.42. The smallest absolute Gasteiger partial charge is 0.410 e. The minimum absolute atomic E-state index is 0.453. The maximum absolute atomic E-state index is 13.9. The number of H-pyrrole nitrogens is 2. The van der Waals surface area contributed by atoms with Crippen molar-refractivity contribution in [3.63, 3.8) is 0 Å². The zero-order valence-corrected chi connectivity index (χ0v) is 39.6. The summed E-state index contributed by atoms with van der Waals surface area (Å²) < 4.78 is 11.6. The Morgan fingerprint density at radius 2 is 0.774 bits per heavy atom. The van der Waals surface area contributed by atoms with E-state index in [1.165, 1.54) is 9.80 Å². The van der Waals surface area contributed by atoms with Crippen molar-refractivity contribution >= 4 is 24.0 Å². The number of hydrogen-bond acceptors (Lipinski definition) is 12. The minimum Gasteiger partial charge on any atom is -0.432 e. The van der Waals surface area contributed by atoms with Crippen molar-refractivity contribution in [3.05, 3.63) is 48.8 Å². The number of imidazole rings is 2. The van der Waals surface area contributed by atoms with E-state index in [9.17, 15) is 19.2 Å². The molecule has 0 bridgehead atoms. The molecule has 0 spiro atoms. The molecule has 0 aliphatic heterocycles. The lowest BCUT2D eigenvalue weighted by molar-refractivity contribution is -0.153. The number of nitrogens with zero attached hydrogens (tertiary/aromatic N) is 8. The molecule has 4 atom stereocenters. The Kier molecular flexibility index (Phi) is 13.7. The Bertz CT molecular complexity index is 2060. The summed E-state index contributed by atoms with van der Waals surface area (Å²) >= 11 is 0. The van der Waals surface area contributed by atoms with E-state index < -0.39 is 68.9 Å². The van der Waals surface area contributed by atoms with E-state index in [0.29, 0.717) is 45.8 Å². The standard InChI is InChI=1S/C44H66N12O6/c1-39(2,3)31(53-35(57)43(13,41(7,8)9)61-37(59)55(15)16)33-49-23-29(51-33)27-21-45-25(19-47-27)26-20-48-28(22-46-26)30-24-50-34(52-30)32(40(4,5)6)54-36(58)44(14,42(10,11)12)62-38(60)56(17)18/h19-24,31-32H,1-18H3,(H,49,51)(H,50,52)(H,53,57)(H,54,58)/t31-,32-,43+,44?/m1/s1. The molecule has 62 heavy (non-hydrogen) atoms. The van der Waals surface area contributed by atoms with Gasteiger partial charge in [0.25, 0.3) is 11.8 Å². The van der Waals surface area contributed by atoms with Crippen LogP contribution in [0, 0.1) is 21.7 Å². The predicted molar refractivity (Wildman–Crippen MR) is 235 cm³/mol. The first kappa shape index (κ1) is 48.7. The number of ether oxygens (including phenoxy) is 2. The SMILES string of the molecule is CN(C)C(=O)OC(C)(C(=O)N[C@H](c1nc(-c2cnc(-c3cnc(-c4c[nH]c([C@@H](NC(=O)[C@](C)(OC(=O)N(C)C)C(C)(C)C)C(C)(C)C)n4)cn3)cn2)c[nH]1)C(C)(C)C)C(C)(C)C. The van der Waals surface area contributed by atoms with Gasteiger partial charge in [-0.15, -0.1) is 0 Å². The van der Waals surface area contributed by atoms with Crippen LogP contribution in [0.3, 0.4) is 0 Å². The molecule has 4 rings (SSSR count). The molecular formula is C44H66N12O6. The summed E-state index contributed by atoms with van der Waals surface area (Å²) in [6.45, 7) is 26.2. The van der Waals surface area contributed by atoms with Crippen molar-refractivity contribution in [2.24, 2.45) is 21.7 Å². The molecule has 1 unspecified atom stereocenters. The van der Waals surface area contributed by atoms with E-state index in [4.69, 9.17) is 19.4 Å². The van der Waals surface area contributed by atoms with Gasteiger partial charge in [-0.25, -0.2) is 19.6 Å². The molecule has 0 fully saturated rings. The summed E-state index contributed by atoms with van der Waals surface area (Å²) in [5, 5.41) is 6.19. The molecule has 0 aliphatic carbocycles. The van der Waals surface area contributed by atoms with Crippen LogP contribution in [0.5, 0.6) is 0 Å². The topological polar surface area (TPSA) is 226 Å².